The summed E-state index contributed by atoms with van der Waals surface area (Å²) in [6.45, 7) is 2.29. The molecular formula is C21H23F2NO5. The van der Waals surface area contributed by atoms with Gasteiger partial charge in [0.1, 0.15) is 0 Å². The molecule has 3 rings (SSSR count). The van der Waals surface area contributed by atoms with E-state index in [4.69, 9.17) is 9.47 Å². The van der Waals surface area contributed by atoms with Crippen LogP contribution in [0.2, 0.25) is 0 Å². The van der Waals surface area contributed by atoms with Crippen LogP contribution in [0, 0.1) is 13.8 Å². The lowest BCUT2D eigenvalue weighted by atomic mass is 10.1. The second kappa shape index (κ2) is 8.63. The molecule has 0 spiro atoms. The van der Waals surface area contributed by atoms with E-state index in [2.05, 4.69) is 9.30 Å². The van der Waals surface area contributed by atoms with Crippen LogP contribution in [-0.2, 0) is 4.74 Å². The number of ether oxygens (including phenoxy) is 3. The van der Waals surface area contributed by atoms with Crippen molar-refractivity contribution in [3.05, 3.63) is 46.8 Å². The van der Waals surface area contributed by atoms with E-state index in [-0.39, 0.29) is 29.5 Å². The van der Waals surface area contributed by atoms with Gasteiger partial charge in [-0.3, -0.25) is 4.79 Å². The number of nitrogens with zero attached hydrogens (tertiary/aromatic N) is 1. The predicted octanol–water partition coefficient (Wildman–Crippen LogP) is 4.48. The lowest BCUT2D eigenvalue weighted by molar-refractivity contribution is -0.0514. The van der Waals surface area contributed by atoms with E-state index in [1.807, 2.05) is 19.9 Å². The molecule has 0 atom stereocenters. The number of esters is 1. The number of hydrogen-bond acceptors (Lipinski definition) is 5. The van der Waals surface area contributed by atoms with Gasteiger partial charge >= 0.3 is 12.6 Å². The van der Waals surface area contributed by atoms with Gasteiger partial charge in [-0.25, -0.2) is 4.79 Å². The predicted molar refractivity (Wildman–Crippen MR) is 101 cm³/mol. The number of halogens is 2. The highest BCUT2D eigenvalue weighted by Crippen LogP contribution is 2.38. The summed E-state index contributed by atoms with van der Waals surface area (Å²) in [5.74, 6) is -1.22. The lowest BCUT2D eigenvalue weighted by Gasteiger charge is -2.12. The number of aryl methyl sites for hydroxylation is 1. The molecule has 6 nitrogen and oxygen atoms in total. The van der Waals surface area contributed by atoms with E-state index in [9.17, 15) is 18.4 Å². The fourth-order valence-electron chi connectivity index (χ4n) is 3.34. The SMILES string of the molecule is CCOc1cc(C(=O)OCC(=O)c2cc(C)n(C3CC3)c2C)ccc1OC(F)F. The van der Waals surface area contributed by atoms with Gasteiger partial charge in [0.2, 0.25) is 5.78 Å². The first-order chi connectivity index (χ1) is 13.8. The molecule has 2 aromatic rings. The summed E-state index contributed by atoms with van der Waals surface area (Å²) in [4.78, 5) is 24.9. The number of ketones is 1. The molecule has 1 aromatic carbocycles. The molecule has 1 aromatic heterocycles. The van der Waals surface area contributed by atoms with Crippen LogP contribution in [0.4, 0.5) is 8.78 Å². The molecule has 1 saturated carbocycles. The zero-order valence-corrected chi connectivity index (χ0v) is 16.5. The van der Waals surface area contributed by atoms with E-state index in [0.717, 1.165) is 24.2 Å². The smallest absolute Gasteiger partial charge is 0.387 e. The maximum Gasteiger partial charge on any atom is 0.387 e. The van der Waals surface area contributed by atoms with Crippen LogP contribution in [0.1, 0.15) is 57.9 Å². The minimum Gasteiger partial charge on any atom is -0.490 e. The van der Waals surface area contributed by atoms with Crippen molar-refractivity contribution in [1.29, 1.82) is 0 Å². The van der Waals surface area contributed by atoms with Crippen molar-refractivity contribution < 1.29 is 32.6 Å². The van der Waals surface area contributed by atoms with Crippen LogP contribution >= 0.6 is 0 Å². The Bertz CT molecular complexity index is 918. The largest absolute Gasteiger partial charge is 0.490 e. The van der Waals surface area contributed by atoms with Gasteiger partial charge < -0.3 is 18.8 Å². The first-order valence-electron chi connectivity index (χ1n) is 9.42. The van der Waals surface area contributed by atoms with Crippen molar-refractivity contribution in [3.8, 4) is 11.5 Å². The number of Topliss-reactive ketones (excluding diaryl/α,β-unsaturated/α-hetero) is 1. The third kappa shape index (κ3) is 4.75. The molecule has 0 amide bonds. The molecule has 1 aliphatic carbocycles. The fourth-order valence-corrected chi connectivity index (χ4v) is 3.34. The Morgan fingerprint density at radius 2 is 1.90 bits per heavy atom. The van der Waals surface area contributed by atoms with Crippen molar-refractivity contribution in [1.82, 2.24) is 4.57 Å². The Labute approximate surface area is 167 Å². The summed E-state index contributed by atoms with van der Waals surface area (Å²) in [5.41, 5.74) is 2.50. The van der Waals surface area contributed by atoms with E-state index < -0.39 is 19.2 Å². The highest BCUT2D eigenvalue weighted by molar-refractivity contribution is 6.00. The number of aromatic nitrogens is 1. The zero-order chi connectivity index (χ0) is 21.1. The Kier molecular flexibility index (Phi) is 6.20. The highest BCUT2D eigenvalue weighted by Gasteiger charge is 2.28. The number of hydrogen-bond donors (Lipinski definition) is 0. The van der Waals surface area contributed by atoms with Gasteiger partial charge in [0, 0.05) is 23.0 Å². The third-order valence-corrected chi connectivity index (χ3v) is 4.73. The van der Waals surface area contributed by atoms with Crippen molar-refractivity contribution in [2.75, 3.05) is 13.2 Å². The van der Waals surface area contributed by atoms with Gasteiger partial charge in [-0.15, -0.1) is 0 Å². The van der Waals surface area contributed by atoms with E-state index in [1.54, 1.807) is 6.92 Å². The molecule has 0 N–H and O–H groups in total. The van der Waals surface area contributed by atoms with Crippen LogP contribution < -0.4 is 9.47 Å². The molecular weight excluding hydrogens is 384 g/mol. The van der Waals surface area contributed by atoms with Crippen molar-refractivity contribution in [3.63, 3.8) is 0 Å². The first kappa shape index (κ1) is 20.8. The van der Waals surface area contributed by atoms with E-state index >= 15 is 0 Å². The Morgan fingerprint density at radius 1 is 1.17 bits per heavy atom. The quantitative estimate of drug-likeness (QED) is 0.453. The standard InChI is InChI=1S/C21H23F2NO5/c1-4-27-19-10-14(5-8-18(19)29-21(22)23)20(26)28-11-17(25)16-9-12(2)24(13(16)3)15-6-7-15/h5,8-10,15,21H,4,6-7,11H2,1-3H3. The van der Waals surface area contributed by atoms with E-state index in [0.29, 0.717) is 11.6 Å². The number of carbonyl (C=O) groups excluding carboxylic acids is 2. The second-order valence-electron chi connectivity index (χ2n) is 6.86. The second-order valence-corrected chi connectivity index (χ2v) is 6.86. The minimum atomic E-state index is -3.01. The molecule has 0 radical (unpaired) electrons. The molecule has 0 unspecified atom stereocenters. The maximum atomic E-state index is 12.5. The fraction of sp³-hybridized carbons (Fsp3) is 0.429. The third-order valence-electron chi connectivity index (χ3n) is 4.73. The van der Waals surface area contributed by atoms with Crippen molar-refractivity contribution in [2.45, 2.75) is 46.3 Å². The first-order valence-corrected chi connectivity index (χ1v) is 9.42. The molecule has 1 aliphatic rings. The van der Waals surface area contributed by atoms with Crippen LogP contribution in [-0.4, -0.2) is 36.1 Å². The number of benzene rings is 1. The van der Waals surface area contributed by atoms with Crippen LogP contribution in [0.5, 0.6) is 11.5 Å². The van der Waals surface area contributed by atoms with Gasteiger partial charge in [0.25, 0.3) is 0 Å². The van der Waals surface area contributed by atoms with Gasteiger partial charge in [-0.05, 0) is 57.9 Å². The topological polar surface area (TPSA) is 66.8 Å². The number of carbonyl (C=O) groups is 2. The van der Waals surface area contributed by atoms with Crippen molar-refractivity contribution in [2.24, 2.45) is 0 Å². The van der Waals surface area contributed by atoms with E-state index in [1.165, 1.54) is 18.2 Å². The molecule has 8 heteroatoms. The molecule has 1 heterocycles. The molecule has 156 valence electrons. The molecule has 0 bridgehead atoms. The molecule has 1 fully saturated rings. The monoisotopic (exact) mass is 407 g/mol. The molecule has 0 aliphatic heterocycles. The zero-order valence-electron chi connectivity index (χ0n) is 16.5. The van der Waals surface area contributed by atoms with Gasteiger partial charge in [0.15, 0.2) is 18.1 Å². The average Bonchev–Trinajstić information content (AvgIpc) is 3.45. The van der Waals surface area contributed by atoms with Crippen LogP contribution in [0.25, 0.3) is 0 Å². The molecule has 0 saturated heterocycles. The van der Waals surface area contributed by atoms with Crippen molar-refractivity contribution >= 4 is 11.8 Å². The molecule has 29 heavy (non-hydrogen) atoms. The summed E-state index contributed by atoms with van der Waals surface area (Å²) in [6.07, 6.45) is 2.21. The Morgan fingerprint density at radius 3 is 2.52 bits per heavy atom. The summed E-state index contributed by atoms with van der Waals surface area (Å²) < 4.78 is 41.9. The number of rotatable bonds is 9. The van der Waals surface area contributed by atoms with Crippen LogP contribution in [0.15, 0.2) is 24.3 Å². The number of alkyl halides is 2. The summed E-state index contributed by atoms with van der Waals surface area (Å²) >= 11 is 0. The van der Waals surface area contributed by atoms with Gasteiger partial charge in [-0.2, -0.15) is 8.78 Å². The highest BCUT2D eigenvalue weighted by atomic mass is 19.3. The Hall–Kier alpha value is -2.90. The summed E-state index contributed by atoms with van der Waals surface area (Å²) in [5, 5.41) is 0. The minimum absolute atomic E-state index is 0.00144. The maximum absolute atomic E-state index is 12.5. The normalized spacial score (nSPS) is 13.4. The summed E-state index contributed by atoms with van der Waals surface area (Å²) in [7, 11) is 0. The van der Waals surface area contributed by atoms with Crippen LogP contribution in [0.3, 0.4) is 0 Å². The van der Waals surface area contributed by atoms with Gasteiger partial charge in [0.05, 0.1) is 12.2 Å². The summed E-state index contributed by atoms with van der Waals surface area (Å²) in [6, 6.07) is 6.01. The van der Waals surface area contributed by atoms with Gasteiger partial charge in [-0.1, -0.05) is 0 Å². The Balaban J connectivity index is 1.68. The lowest BCUT2D eigenvalue weighted by Crippen LogP contribution is -2.15. The average molecular weight is 407 g/mol.